The van der Waals surface area contributed by atoms with Crippen molar-refractivity contribution in [1.82, 2.24) is 10.2 Å². The topological polar surface area (TPSA) is 93.6 Å². The second-order valence-corrected chi connectivity index (χ2v) is 4.46. The van der Waals surface area contributed by atoms with Crippen molar-refractivity contribution in [2.45, 2.75) is 13.8 Å². The van der Waals surface area contributed by atoms with Gasteiger partial charge in [0.15, 0.2) is 0 Å². The van der Waals surface area contributed by atoms with Gasteiger partial charge in [-0.25, -0.2) is 0 Å². The molecule has 0 aromatic heterocycles. The first-order valence-corrected chi connectivity index (χ1v) is 6.76. The fourth-order valence-electron chi connectivity index (χ4n) is 1.92. The van der Waals surface area contributed by atoms with E-state index >= 15 is 0 Å². The van der Waals surface area contributed by atoms with Crippen molar-refractivity contribution in [3.8, 4) is 5.75 Å². The molecule has 0 radical (unpaired) electrons. The lowest BCUT2D eigenvalue weighted by Gasteiger charge is -2.18. The van der Waals surface area contributed by atoms with E-state index in [1.54, 1.807) is 12.1 Å². The molecular formula is C14H26Cl2N4O2. The van der Waals surface area contributed by atoms with Crippen LogP contribution in [0.5, 0.6) is 5.75 Å². The van der Waals surface area contributed by atoms with Crippen LogP contribution in [0.15, 0.2) is 12.1 Å². The Hall–Kier alpha value is -1.37. The molecule has 0 aliphatic carbocycles. The highest BCUT2D eigenvalue weighted by atomic mass is 35.5. The first-order valence-electron chi connectivity index (χ1n) is 6.76. The van der Waals surface area contributed by atoms with Crippen LogP contribution in [-0.4, -0.2) is 44.1 Å². The Labute approximate surface area is 144 Å². The lowest BCUT2D eigenvalue weighted by molar-refractivity contribution is 0.0946. The zero-order valence-electron chi connectivity index (χ0n) is 13.2. The first-order chi connectivity index (χ1) is 9.53. The summed E-state index contributed by atoms with van der Waals surface area (Å²) in [6, 6.07) is 3.11. The smallest absolute Gasteiger partial charge is 0.255 e. The van der Waals surface area contributed by atoms with Gasteiger partial charge in [-0.1, -0.05) is 13.8 Å². The number of nitrogens with zero attached hydrogens (tertiary/aromatic N) is 1. The molecule has 22 heavy (non-hydrogen) atoms. The van der Waals surface area contributed by atoms with Crippen molar-refractivity contribution in [3.63, 3.8) is 0 Å². The average Bonchev–Trinajstić information content (AvgIpc) is 2.45. The molecule has 0 bridgehead atoms. The summed E-state index contributed by atoms with van der Waals surface area (Å²) < 4.78 is 5.17. The van der Waals surface area contributed by atoms with E-state index in [0.717, 1.165) is 19.6 Å². The molecule has 0 fully saturated rings. The third kappa shape index (κ3) is 6.17. The standard InChI is InChI=1S/C14H24N4O2.2ClH/c1-4-18(5-2)7-6-17-14(19)10-8-11(15)12(16)9-13(10)20-3;;/h8-9H,4-7,15-16H2,1-3H3,(H,17,19);2*1H. The number of carbonyl (C=O) groups is 1. The predicted molar refractivity (Wildman–Crippen MR) is 96.4 cm³/mol. The van der Waals surface area contributed by atoms with E-state index < -0.39 is 0 Å². The molecule has 8 heteroatoms. The summed E-state index contributed by atoms with van der Waals surface area (Å²) >= 11 is 0. The monoisotopic (exact) mass is 352 g/mol. The maximum atomic E-state index is 12.1. The van der Waals surface area contributed by atoms with E-state index in [-0.39, 0.29) is 30.7 Å². The summed E-state index contributed by atoms with van der Waals surface area (Å²) in [6.07, 6.45) is 0. The molecule has 1 amide bonds. The number of nitrogens with one attached hydrogen (secondary N) is 1. The molecule has 1 aromatic carbocycles. The highest BCUT2D eigenvalue weighted by molar-refractivity contribution is 5.99. The van der Waals surface area contributed by atoms with Crippen molar-refractivity contribution in [1.29, 1.82) is 0 Å². The van der Waals surface area contributed by atoms with E-state index in [4.69, 9.17) is 16.2 Å². The molecule has 0 atom stereocenters. The zero-order valence-corrected chi connectivity index (χ0v) is 14.9. The number of carbonyl (C=O) groups excluding carboxylic acids is 1. The average molecular weight is 353 g/mol. The van der Waals surface area contributed by atoms with Crippen molar-refractivity contribution < 1.29 is 9.53 Å². The van der Waals surface area contributed by atoms with Crippen LogP contribution < -0.4 is 21.5 Å². The molecule has 5 N–H and O–H groups in total. The summed E-state index contributed by atoms with van der Waals surface area (Å²) in [5.74, 6) is 0.220. The van der Waals surface area contributed by atoms with Gasteiger partial charge in [-0.05, 0) is 19.2 Å². The second kappa shape index (κ2) is 11.2. The van der Waals surface area contributed by atoms with Crippen LogP contribution in [0.3, 0.4) is 0 Å². The maximum Gasteiger partial charge on any atom is 0.255 e. The number of ether oxygens (including phenoxy) is 1. The number of anilines is 2. The molecule has 0 saturated heterocycles. The van der Waals surface area contributed by atoms with Gasteiger partial charge in [-0.2, -0.15) is 0 Å². The number of benzene rings is 1. The molecular weight excluding hydrogens is 327 g/mol. The molecule has 1 aromatic rings. The summed E-state index contributed by atoms with van der Waals surface area (Å²) in [4.78, 5) is 14.4. The van der Waals surface area contributed by atoms with E-state index in [2.05, 4.69) is 24.1 Å². The molecule has 0 aliphatic rings. The minimum atomic E-state index is -0.208. The summed E-state index contributed by atoms with van der Waals surface area (Å²) in [7, 11) is 1.50. The Morgan fingerprint density at radius 2 is 1.73 bits per heavy atom. The van der Waals surface area contributed by atoms with Crippen LogP contribution in [-0.2, 0) is 0 Å². The molecule has 0 heterocycles. The molecule has 6 nitrogen and oxygen atoms in total. The van der Waals surface area contributed by atoms with Crippen LogP contribution in [0.2, 0.25) is 0 Å². The largest absolute Gasteiger partial charge is 0.496 e. The quantitative estimate of drug-likeness (QED) is 0.650. The van der Waals surface area contributed by atoms with Gasteiger partial charge in [0.05, 0.1) is 24.0 Å². The maximum absolute atomic E-state index is 12.1. The normalized spacial score (nSPS) is 9.64. The van der Waals surface area contributed by atoms with Crippen LogP contribution in [0.4, 0.5) is 11.4 Å². The molecule has 0 spiro atoms. The van der Waals surface area contributed by atoms with E-state index in [1.807, 2.05) is 0 Å². The number of hydrogen-bond acceptors (Lipinski definition) is 5. The third-order valence-electron chi connectivity index (χ3n) is 3.26. The molecule has 128 valence electrons. The fraction of sp³-hybridized carbons (Fsp3) is 0.500. The van der Waals surface area contributed by atoms with Gasteiger partial charge in [-0.3, -0.25) is 4.79 Å². The second-order valence-electron chi connectivity index (χ2n) is 4.46. The highest BCUT2D eigenvalue weighted by Gasteiger charge is 2.14. The highest BCUT2D eigenvalue weighted by Crippen LogP contribution is 2.26. The minimum Gasteiger partial charge on any atom is -0.496 e. The Balaban J connectivity index is 0. The fourth-order valence-corrected chi connectivity index (χ4v) is 1.92. The number of methoxy groups -OCH3 is 1. The third-order valence-corrected chi connectivity index (χ3v) is 3.26. The Morgan fingerprint density at radius 3 is 2.23 bits per heavy atom. The number of amides is 1. The Morgan fingerprint density at radius 1 is 1.18 bits per heavy atom. The molecule has 1 rings (SSSR count). The number of hydrogen-bond donors (Lipinski definition) is 3. The number of halogens is 2. The van der Waals surface area contributed by atoms with Gasteiger partial charge >= 0.3 is 0 Å². The number of nitrogens with two attached hydrogens (primary N) is 2. The lowest BCUT2D eigenvalue weighted by Crippen LogP contribution is -2.35. The Bertz CT molecular complexity index is 468. The Kier molecular flexibility index (Phi) is 11.7. The van der Waals surface area contributed by atoms with E-state index in [9.17, 15) is 4.79 Å². The van der Waals surface area contributed by atoms with Gasteiger partial charge < -0.3 is 26.4 Å². The summed E-state index contributed by atoms with van der Waals surface area (Å²) in [5, 5.41) is 2.86. The molecule has 0 aliphatic heterocycles. The van der Waals surface area contributed by atoms with Gasteiger partial charge in [-0.15, -0.1) is 24.8 Å². The van der Waals surface area contributed by atoms with E-state index in [1.165, 1.54) is 7.11 Å². The zero-order chi connectivity index (χ0) is 15.1. The van der Waals surface area contributed by atoms with Gasteiger partial charge in [0.25, 0.3) is 5.91 Å². The summed E-state index contributed by atoms with van der Waals surface area (Å²) in [6.45, 7) is 7.50. The van der Waals surface area contributed by atoms with Crippen LogP contribution in [0.1, 0.15) is 24.2 Å². The van der Waals surface area contributed by atoms with Gasteiger partial charge in [0.2, 0.25) is 0 Å². The number of rotatable bonds is 7. The van der Waals surface area contributed by atoms with Gasteiger partial charge in [0.1, 0.15) is 5.75 Å². The van der Waals surface area contributed by atoms with Crippen molar-refractivity contribution in [3.05, 3.63) is 17.7 Å². The predicted octanol–water partition coefficient (Wildman–Crippen LogP) is 1.77. The minimum absolute atomic E-state index is 0. The molecule has 0 unspecified atom stereocenters. The van der Waals surface area contributed by atoms with Crippen molar-refractivity contribution in [2.75, 3.05) is 44.8 Å². The molecule has 0 saturated carbocycles. The number of nitrogen functional groups attached to an aromatic ring is 2. The summed E-state index contributed by atoms with van der Waals surface area (Å²) in [5.41, 5.74) is 12.6. The number of likely N-dealkylation sites (N-methyl/N-ethyl adjacent to an activating group) is 1. The lowest BCUT2D eigenvalue weighted by atomic mass is 10.1. The first kappa shape index (κ1) is 22.9. The SMILES string of the molecule is CCN(CC)CCNC(=O)c1cc(N)c(N)cc1OC.Cl.Cl. The van der Waals surface area contributed by atoms with E-state index in [0.29, 0.717) is 29.2 Å². The van der Waals surface area contributed by atoms with Crippen LogP contribution in [0, 0.1) is 0 Å². The van der Waals surface area contributed by atoms with Crippen LogP contribution >= 0.6 is 24.8 Å². The van der Waals surface area contributed by atoms with Crippen molar-refractivity contribution in [2.24, 2.45) is 0 Å². The van der Waals surface area contributed by atoms with Crippen molar-refractivity contribution >= 4 is 42.1 Å². The van der Waals surface area contributed by atoms with Gasteiger partial charge in [0, 0.05) is 19.2 Å². The van der Waals surface area contributed by atoms with Crippen LogP contribution in [0.25, 0.3) is 0 Å².